The second kappa shape index (κ2) is 4.32. The van der Waals surface area contributed by atoms with Crippen LogP contribution in [0.15, 0.2) is 24.3 Å². The fourth-order valence-corrected chi connectivity index (χ4v) is 2.41. The highest BCUT2D eigenvalue weighted by atomic mass is 16.2. The molecule has 0 atom stereocenters. The Morgan fingerprint density at radius 3 is 2.29 bits per heavy atom. The zero-order valence-electron chi connectivity index (χ0n) is 10.2. The lowest BCUT2D eigenvalue weighted by molar-refractivity contribution is 0.0773. The summed E-state index contributed by atoms with van der Waals surface area (Å²) in [5, 5.41) is 2.86. The van der Waals surface area contributed by atoms with Gasteiger partial charge in [0.2, 0.25) is 0 Å². The molecule has 0 fully saturated rings. The van der Waals surface area contributed by atoms with Crippen LogP contribution in [0.25, 0.3) is 0 Å². The Hall–Kier alpha value is -1.64. The van der Waals surface area contributed by atoms with Gasteiger partial charge in [-0.2, -0.15) is 0 Å². The van der Waals surface area contributed by atoms with Gasteiger partial charge < -0.3 is 5.32 Å². The average molecular weight is 231 g/mol. The van der Waals surface area contributed by atoms with Gasteiger partial charge in [-0.15, -0.1) is 0 Å². The van der Waals surface area contributed by atoms with Crippen LogP contribution in [0.3, 0.4) is 0 Å². The molecule has 1 aliphatic heterocycles. The van der Waals surface area contributed by atoms with E-state index in [1.165, 1.54) is 0 Å². The largest absolute Gasteiger partial charge is 0.351 e. The number of benzene rings is 1. The second-order valence-corrected chi connectivity index (χ2v) is 4.54. The van der Waals surface area contributed by atoms with Gasteiger partial charge in [0.1, 0.15) is 0 Å². The van der Waals surface area contributed by atoms with Crippen LogP contribution in [-0.2, 0) is 0 Å². The number of carbonyl (C=O) groups is 2. The van der Waals surface area contributed by atoms with E-state index in [0.717, 1.165) is 12.8 Å². The van der Waals surface area contributed by atoms with Crippen molar-refractivity contribution in [2.45, 2.75) is 26.7 Å². The minimum absolute atomic E-state index is 0.0939. The van der Waals surface area contributed by atoms with E-state index in [1.54, 1.807) is 18.2 Å². The molecule has 0 unspecified atom stereocenters. The molecule has 1 aliphatic rings. The lowest BCUT2D eigenvalue weighted by Crippen LogP contribution is -2.39. The standard InChI is InChI=1S/C14H17NO2/c1-3-14(4-2)9-15-13(17)11-8-6-5-7-10(11)12(14)16/h5-8H,3-4,9H2,1-2H3,(H,15,17). The number of carbonyl (C=O) groups excluding carboxylic acids is 2. The van der Waals surface area contributed by atoms with Crippen LogP contribution < -0.4 is 5.32 Å². The van der Waals surface area contributed by atoms with E-state index in [4.69, 9.17) is 0 Å². The minimum atomic E-state index is -0.442. The van der Waals surface area contributed by atoms with Crippen molar-refractivity contribution < 1.29 is 9.59 Å². The number of nitrogens with one attached hydrogen (secondary N) is 1. The third-order valence-electron chi connectivity index (χ3n) is 3.84. The molecule has 3 nitrogen and oxygen atoms in total. The molecular formula is C14H17NO2. The molecule has 0 saturated carbocycles. The van der Waals surface area contributed by atoms with E-state index in [-0.39, 0.29) is 11.7 Å². The molecule has 0 aliphatic carbocycles. The quantitative estimate of drug-likeness (QED) is 0.849. The lowest BCUT2D eigenvalue weighted by Gasteiger charge is -2.28. The second-order valence-electron chi connectivity index (χ2n) is 4.54. The first-order valence-electron chi connectivity index (χ1n) is 6.06. The molecule has 1 heterocycles. The topological polar surface area (TPSA) is 46.2 Å². The maximum atomic E-state index is 12.6. The fraction of sp³-hybridized carbons (Fsp3) is 0.429. The van der Waals surface area contributed by atoms with E-state index in [0.29, 0.717) is 17.7 Å². The van der Waals surface area contributed by atoms with Gasteiger partial charge in [-0.1, -0.05) is 32.0 Å². The maximum Gasteiger partial charge on any atom is 0.252 e. The predicted octanol–water partition coefficient (Wildman–Crippen LogP) is 2.42. The summed E-state index contributed by atoms with van der Waals surface area (Å²) in [6, 6.07) is 7.06. The van der Waals surface area contributed by atoms with Gasteiger partial charge in [0.25, 0.3) is 5.91 Å². The number of fused-ring (bicyclic) bond motifs is 1. The number of rotatable bonds is 2. The smallest absolute Gasteiger partial charge is 0.252 e. The molecule has 0 saturated heterocycles. The Morgan fingerprint density at radius 2 is 1.71 bits per heavy atom. The van der Waals surface area contributed by atoms with Crippen molar-refractivity contribution >= 4 is 11.7 Å². The van der Waals surface area contributed by atoms with Crippen LogP contribution in [0.4, 0.5) is 0 Å². The van der Waals surface area contributed by atoms with Crippen LogP contribution >= 0.6 is 0 Å². The number of amides is 1. The molecule has 1 aromatic rings. The molecule has 1 N–H and O–H groups in total. The van der Waals surface area contributed by atoms with Crippen LogP contribution in [-0.4, -0.2) is 18.2 Å². The van der Waals surface area contributed by atoms with Gasteiger partial charge in [-0.25, -0.2) is 0 Å². The summed E-state index contributed by atoms with van der Waals surface area (Å²) in [5.41, 5.74) is 0.620. The van der Waals surface area contributed by atoms with Crippen molar-refractivity contribution in [1.29, 1.82) is 0 Å². The average Bonchev–Trinajstić information content (AvgIpc) is 2.49. The monoisotopic (exact) mass is 231 g/mol. The molecule has 2 rings (SSSR count). The first-order chi connectivity index (χ1) is 8.14. The maximum absolute atomic E-state index is 12.6. The van der Waals surface area contributed by atoms with E-state index in [9.17, 15) is 9.59 Å². The summed E-state index contributed by atoms with van der Waals surface area (Å²) < 4.78 is 0. The van der Waals surface area contributed by atoms with Gasteiger partial charge in [0.15, 0.2) is 5.78 Å². The Bertz CT molecular complexity index is 461. The van der Waals surface area contributed by atoms with Crippen molar-refractivity contribution in [3.8, 4) is 0 Å². The van der Waals surface area contributed by atoms with Crippen LogP contribution in [0.1, 0.15) is 47.4 Å². The highest BCUT2D eigenvalue weighted by Crippen LogP contribution is 2.33. The van der Waals surface area contributed by atoms with Crippen molar-refractivity contribution in [2.75, 3.05) is 6.54 Å². The van der Waals surface area contributed by atoms with E-state index in [1.807, 2.05) is 19.9 Å². The van der Waals surface area contributed by atoms with Crippen molar-refractivity contribution in [1.82, 2.24) is 5.32 Å². The SMILES string of the molecule is CCC1(CC)CNC(=O)c2ccccc2C1=O. The Morgan fingerprint density at radius 1 is 1.12 bits per heavy atom. The van der Waals surface area contributed by atoms with Crippen molar-refractivity contribution in [3.05, 3.63) is 35.4 Å². The summed E-state index contributed by atoms with van der Waals surface area (Å²) >= 11 is 0. The molecule has 0 aromatic heterocycles. The summed E-state index contributed by atoms with van der Waals surface area (Å²) in [5.74, 6) is -0.0471. The van der Waals surface area contributed by atoms with Gasteiger partial charge >= 0.3 is 0 Å². The van der Waals surface area contributed by atoms with Crippen LogP contribution in [0.2, 0.25) is 0 Å². The molecule has 1 amide bonds. The van der Waals surface area contributed by atoms with Gasteiger partial charge in [-0.3, -0.25) is 9.59 Å². The van der Waals surface area contributed by atoms with Gasteiger partial charge in [0, 0.05) is 12.1 Å². The van der Waals surface area contributed by atoms with Crippen molar-refractivity contribution in [3.63, 3.8) is 0 Å². The van der Waals surface area contributed by atoms with Gasteiger partial charge in [0.05, 0.1) is 11.0 Å². The molecule has 0 bridgehead atoms. The molecule has 1 aromatic carbocycles. The van der Waals surface area contributed by atoms with Gasteiger partial charge in [-0.05, 0) is 18.9 Å². The molecule has 17 heavy (non-hydrogen) atoms. The minimum Gasteiger partial charge on any atom is -0.351 e. The van der Waals surface area contributed by atoms with Crippen LogP contribution in [0, 0.1) is 5.41 Å². The highest BCUT2D eigenvalue weighted by molar-refractivity contribution is 6.12. The van der Waals surface area contributed by atoms with Crippen LogP contribution in [0.5, 0.6) is 0 Å². The lowest BCUT2D eigenvalue weighted by atomic mass is 9.76. The van der Waals surface area contributed by atoms with E-state index >= 15 is 0 Å². The molecule has 3 heteroatoms. The van der Waals surface area contributed by atoms with E-state index in [2.05, 4.69) is 5.32 Å². The number of hydrogen-bond donors (Lipinski definition) is 1. The number of Topliss-reactive ketones (excluding diaryl/α,β-unsaturated/α-hetero) is 1. The summed E-state index contributed by atoms with van der Waals surface area (Å²) in [4.78, 5) is 24.5. The predicted molar refractivity (Wildman–Crippen MR) is 66.1 cm³/mol. The number of hydrogen-bond acceptors (Lipinski definition) is 2. The molecular weight excluding hydrogens is 214 g/mol. The first-order valence-corrected chi connectivity index (χ1v) is 6.06. The highest BCUT2D eigenvalue weighted by Gasteiger charge is 2.39. The summed E-state index contributed by atoms with van der Waals surface area (Å²) in [6.45, 7) is 4.44. The first kappa shape index (κ1) is 11.8. The van der Waals surface area contributed by atoms with E-state index < -0.39 is 5.41 Å². The summed E-state index contributed by atoms with van der Waals surface area (Å²) in [7, 11) is 0. The zero-order chi connectivity index (χ0) is 12.5. The third kappa shape index (κ3) is 1.75. The normalized spacial score (nSPS) is 18.2. The fourth-order valence-electron chi connectivity index (χ4n) is 2.41. The number of ketones is 1. The zero-order valence-corrected chi connectivity index (χ0v) is 10.2. The Kier molecular flexibility index (Phi) is 3.01. The third-order valence-corrected chi connectivity index (χ3v) is 3.84. The van der Waals surface area contributed by atoms with Crippen molar-refractivity contribution in [2.24, 2.45) is 5.41 Å². The Labute approximate surface area is 101 Å². The molecule has 0 radical (unpaired) electrons. The molecule has 90 valence electrons. The molecule has 0 spiro atoms. The summed E-state index contributed by atoms with van der Waals surface area (Å²) in [6.07, 6.45) is 1.49. The Balaban J connectivity index is 2.58.